The fraction of sp³-hybridized carbons (Fsp3) is 0.0164. The molecule has 0 aromatic heterocycles. The Kier molecular flexibility index (Phi) is 6.82. The molecule has 11 aromatic carbocycles. The molecular formula is C61H37N. The van der Waals surface area contributed by atoms with Crippen LogP contribution in [0.2, 0.25) is 0 Å². The molecular weight excluding hydrogens is 747 g/mol. The molecule has 0 heterocycles. The highest BCUT2D eigenvalue weighted by Crippen LogP contribution is 2.63. The normalized spacial score (nSPS) is 13.3. The average molecular weight is 784 g/mol. The third kappa shape index (κ3) is 4.47. The van der Waals surface area contributed by atoms with E-state index in [4.69, 9.17) is 0 Å². The highest BCUT2D eigenvalue weighted by Gasteiger charge is 2.51. The highest BCUT2D eigenvalue weighted by molar-refractivity contribution is 6.17. The maximum Gasteiger partial charge on any atom is 0.0726 e. The van der Waals surface area contributed by atoms with Gasteiger partial charge in [0.05, 0.1) is 5.41 Å². The smallest absolute Gasteiger partial charge is 0.0726 e. The van der Waals surface area contributed by atoms with Crippen LogP contribution in [0.5, 0.6) is 0 Å². The summed E-state index contributed by atoms with van der Waals surface area (Å²) in [7, 11) is 0. The molecule has 0 aliphatic heterocycles. The lowest BCUT2D eigenvalue weighted by atomic mass is 9.70. The van der Waals surface area contributed by atoms with Crippen LogP contribution in [0.4, 0.5) is 17.1 Å². The van der Waals surface area contributed by atoms with Crippen LogP contribution < -0.4 is 4.90 Å². The predicted octanol–water partition coefficient (Wildman–Crippen LogP) is 16.3. The molecule has 14 rings (SSSR count). The summed E-state index contributed by atoms with van der Waals surface area (Å²) >= 11 is 0. The van der Waals surface area contributed by atoms with Gasteiger partial charge in [0.15, 0.2) is 0 Å². The van der Waals surface area contributed by atoms with E-state index >= 15 is 0 Å². The minimum atomic E-state index is -0.443. The number of benzene rings is 11. The zero-order valence-corrected chi connectivity index (χ0v) is 33.8. The quantitative estimate of drug-likeness (QED) is 0.161. The Labute approximate surface area is 360 Å². The summed E-state index contributed by atoms with van der Waals surface area (Å²) in [5.74, 6) is 0. The van der Waals surface area contributed by atoms with E-state index in [2.05, 4.69) is 229 Å². The second kappa shape index (κ2) is 12.5. The molecule has 286 valence electrons. The van der Waals surface area contributed by atoms with Crippen LogP contribution >= 0.6 is 0 Å². The molecule has 62 heavy (non-hydrogen) atoms. The largest absolute Gasteiger partial charge is 0.310 e. The van der Waals surface area contributed by atoms with Gasteiger partial charge in [-0.25, -0.2) is 0 Å². The lowest BCUT2D eigenvalue weighted by Crippen LogP contribution is -2.26. The minimum absolute atomic E-state index is 0.443. The van der Waals surface area contributed by atoms with E-state index in [9.17, 15) is 0 Å². The van der Waals surface area contributed by atoms with Crippen molar-refractivity contribution in [3.63, 3.8) is 0 Å². The second-order valence-electron chi connectivity index (χ2n) is 17.2. The summed E-state index contributed by atoms with van der Waals surface area (Å²) in [5.41, 5.74) is 21.1. The molecule has 0 radical (unpaired) electrons. The fourth-order valence-electron chi connectivity index (χ4n) is 11.6. The molecule has 1 heteroatoms. The molecule has 0 unspecified atom stereocenters. The molecule has 0 N–H and O–H groups in total. The van der Waals surface area contributed by atoms with Gasteiger partial charge in [0, 0.05) is 17.1 Å². The molecule has 1 spiro atoms. The van der Waals surface area contributed by atoms with E-state index in [1.807, 2.05) is 0 Å². The monoisotopic (exact) mass is 783 g/mol. The summed E-state index contributed by atoms with van der Waals surface area (Å²) < 4.78 is 0. The van der Waals surface area contributed by atoms with Gasteiger partial charge < -0.3 is 4.90 Å². The van der Waals surface area contributed by atoms with Crippen molar-refractivity contribution in [3.05, 3.63) is 247 Å². The van der Waals surface area contributed by atoms with E-state index in [0.29, 0.717) is 0 Å². The van der Waals surface area contributed by atoms with E-state index in [-0.39, 0.29) is 0 Å². The van der Waals surface area contributed by atoms with Gasteiger partial charge in [-0.2, -0.15) is 0 Å². The Morgan fingerprint density at radius 2 is 0.790 bits per heavy atom. The van der Waals surface area contributed by atoms with Gasteiger partial charge in [0.1, 0.15) is 0 Å². The number of hydrogen-bond donors (Lipinski definition) is 0. The maximum absolute atomic E-state index is 2.51. The zero-order chi connectivity index (χ0) is 40.5. The third-order valence-corrected chi connectivity index (χ3v) is 14.2. The molecule has 0 saturated carbocycles. The second-order valence-corrected chi connectivity index (χ2v) is 17.2. The van der Waals surface area contributed by atoms with E-state index in [0.717, 1.165) is 17.1 Å². The summed E-state index contributed by atoms with van der Waals surface area (Å²) in [5, 5.41) is 7.64. The Bertz CT molecular complexity index is 3660. The van der Waals surface area contributed by atoms with Crippen molar-refractivity contribution in [1.29, 1.82) is 0 Å². The van der Waals surface area contributed by atoms with Crippen LogP contribution in [0.25, 0.3) is 88.0 Å². The Morgan fingerprint density at radius 3 is 1.53 bits per heavy atom. The first-order valence-electron chi connectivity index (χ1n) is 21.7. The fourth-order valence-corrected chi connectivity index (χ4v) is 11.6. The Balaban J connectivity index is 1.03. The summed E-state index contributed by atoms with van der Waals surface area (Å²) in [4.78, 5) is 2.51. The first-order chi connectivity index (χ1) is 30.7. The average Bonchev–Trinajstić information content (AvgIpc) is 3.94. The number of nitrogens with zero attached hydrogens (tertiary/aromatic N) is 1. The van der Waals surface area contributed by atoms with Gasteiger partial charge in [-0.3, -0.25) is 0 Å². The Morgan fingerprint density at radius 1 is 0.258 bits per heavy atom. The third-order valence-electron chi connectivity index (χ3n) is 14.2. The summed E-state index contributed by atoms with van der Waals surface area (Å²) in [6.45, 7) is 0. The van der Waals surface area contributed by atoms with Gasteiger partial charge in [-0.1, -0.05) is 182 Å². The van der Waals surface area contributed by atoms with E-state index in [1.165, 1.54) is 110 Å². The van der Waals surface area contributed by atoms with Gasteiger partial charge in [0.25, 0.3) is 0 Å². The van der Waals surface area contributed by atoms with E-state index < -0.39 is 5.41 Å². The molecule has 3 aliphatic carbocycles. The van der Waals surface area contributed by atoms with Crippen LogP contribution in [-0.4, -0.2) is 0 Å². The zero-order valence-electron chi connectivity index (χ0n) is 33.8. The van der Waals surface area contributed by atoms with Crippen LogP contribution in [0, 0.1) is 0 Å². The summed E-state index contributed by atoms with van der Waals surface area (Å²) in [6.07, 6.45) is 0. The number of anilines is 3. The molecule has 11 aromatic rings. The first kappa shape index (κ1) is 33.8. The molecule has 0 amide bonds. The first-order valence-corrected chi connectivity index (χ1v) is 21.7. The van der Waals surface area contributed by atoms with Gasteiger partial charge in [0.2, 0.25) is 0 Å². The van der Waals surface area contributed by atoms with Crippen molar-refractivity contribution >= 4 is 49.4 Å². The molecule has 3 aliphatic rings. The molecule has 1 nitrogen and oxygen atoms in total. The van der Waals surface area contributed by atoms with Crippen molar-refractivity contribution in [2.24, 2.45) is 0 Å². The van der Waals surface area contributed by atoms with Crippen molar-refractivity contribution in [2.45, 2.75) is 5.41 Å². The van der Waals surface area contributed by atoms with Crippen LogP contribution in [-0.2, 0) is 5.41 Å². The van der Waals surface area contributed by atoms with E-state index in [1.54, 1.807) is 0 Å². The van der Waals surface area contributed by atoms with Crippen molar-refractivity contribution in [3.8, 4) is 55.6 Å². The Hall–Kier alpha value is -8.00. The van der Waals surface area contributed by atoms with Gasteiger partial charge >= 0.3 is 0 Å². The van der Waals surface area contributed by atoms with Crippen molar-refractivity contribution in [2.75, 3.05) is 4.90 Å². The van der Waals surface area contributed by atoms with Crippen LogP contribution in [0.3, 0.4) is 0 Å². The van der Waals surface area contributed by atoms with Crippen LogP contribution in [0.1, 0.15) is 22.3 Å². The standard InChI is InChI=1S/C61H37N/c1-2-17-46-38(13-1)27-28-39-29-30-41(35-54(39)46)40-14-11-16-43(33-40)62(45-34-42-15-12-23-53-47-18-3-4-19-48(47)55(36-45)60(42)53)44-31-32-52-51-22-7-10-26-58(51)61(59(52)37-44)56-24-8-5-20-49(56)50-21-6-9-25-57(50)61/h1-37H. The number of hydrogen-bond acceptors (Lipinski definition) is 1. The predicted molar refractivity (Wildman–Crippen MR) is 260 cm³/mol. The van der Waals surface area contributed by atoms with Gasteiger partial charge in [-0.15, -0.1) is 0 Å². The molecule has 0 atom stereocenters. The molecule has 0 fully saturated rings. The lowest BCUT2D eigenvalue weighted by molar-refractivity contribution is 0.793. The number of rotatable bonds is 4. The lowest BCUT2D eigenvalue weighted by Gasteiger charge is -2.32. The van der Waals surface area contributed by atoms with Gasteiger partial charge in [-0.05, 0) is 153 Å². The molecule has 0 saturated heterocycles. The topological polar surface area (TPSA) is 3.24 Å². The molecule has 0 bridgehead atoms. The maximum atomic E-state index is 2.51. The summed E-state index contributed by atoms with van der Waals surface area (Å²) in [6, 6.07) is 84.3. The SMILES string of the molecule is c1cc(-c2ccc3ccc4ccccc4c3c2)cc(N(c2ccc3c(c2)C2(c4ccccc4-c4ccccc42)c2ccccc2-3)c2cc3c4c(cccc4c2)-c2ccccc2-3)c1. The van der Waals surface area contributed by atoms with Crippen molar-refractivity contribution < 1.29 is 0 Å². The van der Waals surface area contributed by atoms with Crippen molar-refractivity contribution in [1.82, 2.24) is 0 Å². The highest BCUT2D eigenvalue weighted by atomic mass is 15.1. The number of fused-ring (bicyclic) bond motifs is 16. The minimum Gasteiger partial charge on any atom is -0.310 e. The van der Waals surface area contributed by atoms with Crippen LogP contribution in [0.15, 0.2) is 224 Å².